The van der Waals surface area contributed by atoms with E-state index in [9.17, 15) is 9.00 Å². The Kier molecular flexibility index (Phi) is 5.27. The number of nitrogens with zero attached hydrogens (tertiary/aromatic N) is 5. The summed E-state index contributed by atoms with van der Waals surface area (Å²) < 4.78 is 37.3. The number of hydrogen-bond acceptors (Lipinski definition) is 9. The zero-order valence-electron chi connectivity index (χ0n) is 18.3. The SMILES string of the molecule is COc1cnc(C(=O)Cc2ccc(F)c([C@@]3(C)N=C(N)C(C)(C)[S@]4(=O)=NCC[C@@H]34)n2)cn1. The summed E-state index contributed by atoms with van der Waals surface area (Å²) in [5.74, 6) is -0.485. The first kappa shape index (κ1) is 22.3. The highest BCUT2D eigenvalue weighted by Crippen LogP contribution is 2.47. The van der Waals surface area contributed by atoms with E-state index in [4.69, 9.17) is 10.5 Å². The number of ketones is 1. The quantitative estimate of drug-likeness (QED) is 0.675. The Labute approximate surface area is 185 Å². The summed E-state index contributed by atoms with van der Waals surface area (Å²) in [5, 5.41) is -0.544. The molecule has 0 spiro atoms. The largest absolute Gasteiger partial charge is 0.480 e. The number of pyridine rings is 1. The first-order valence-corrected chi connectivity index (χ1v) is 11.7. The molecule has 9 nitrogen and oxygen atoms in total. The molecule has 2 N–H and O–H groups in total. The molecule has 170 valence electrons. The molecule has 0 saturated carbocycles. The highest BCUT2D eigenvalue weighted by molar-refractivity contribution is 7.96. The van der Waals surface area contributed by atoms with Gasteiger partial charge in [0.05, 0.1) is 40.9 Å². The van der Waals surface area contributed by atoms with Crippen molar-refractivity contribution in [3.8, 4) is 5.88 Å². The molecule has 11 heteroatoms. The Hall–Kier alpha value is -2.95. The van der Waals surface area contributed by atoms with Gasteiger partial charge in [-0.25, -0.2) is 22.9 Å². The number of ether oxygens (including phenoxy) is 1. The molecule has 0 saturated heterocycles. The molecular weight excluding hydrogens is 435 g/mol. The van der Waals surface area contributed by atoms with Crippen LogP contribution >= 0.6 is 0 Å². The number of fused-ring (bicyclic) bond motifs is 1. The van der Waals surface area contributed by atoms with Crippen molar-refractivity contribution in [1.29, 1.82) is 0 Å². The van der Waals surface area contributed by atoms with Crippen molar-refractivity contribution in [2.45, 2.75) is 49.1 Å². The zero-order chi connectivity index (χ0) is 23.3. The van der Waals surface area contributed by atoms with Gasteiger partial charge in [0.2, 0.25) is 5.88 Å². The second kappa shape index (κ2) is 7.58. The number of aliphatic imine (C=N–C) groups is 1. The average Bonchev–Trinajstić information content (AvgIpc) is 3.18. The van der Waals surface area contributed by atoms with E-state index in [-0.39, 0.29) is 35.3 Å². The van der Waals surface area contributed by atoms with Gasteiger partial charge in [-0.2, -0.15) is 0 Å². The average molecular weight is 461 g/mol. The molecule has 0 amide bonds. The number of hydrogen-bond donors (Lipinski definition) is 1. The number of Topliss-reactive ketones (excluding diaryl/α,β-unsaturated/α-hetero) is 1. The van der Waals surface area contributed by atoms with E-state index in [0.29, 0.717) is 18.7 Å². The summed E-state index contributed by atoms with van der Waals surface area (Å²) in [6, 6.07) is 2.68. The highest BCUT2D eigenvalue weighted by atomic mass is 32.2. The van der Waals surface area contributed by atoms with Crippen LogP contribution in [0.1, 0.15) is 49.1 Å². The van der Waals surface area contributed by atoms with Crippen LogP contribution < -0.4 is 10.5 Å². The van der Waals surface area contributed by atoms with Crippen LogP contribution in [0.4, 0.5) is 4.39 Å². The minimum atomic E-state index is -2.82. The number of carbonyl (C=O) groups is 1. The van der Waals surface area contributed by atoms with E-state index < -0.39 is 31.1 Å². The molecule has 0 unspecified atom stereocenters. The number of carbonyl (C=O) groups excluding carboxylic acids is 1. The fraction of sp³-hybridized carbons (Fsp3) is 0.476. The van der Waals surface area contributed by atoms with Gasteiger partial charge in [-0.3, -0.25) is 14.8 Å². The van der Waals surface area contributed by atoms with E-state index in [2.05, 4.69) is 24.3 Å². The van der Waals surface area contributed by atoms with E-state index in [1.54, 1.807) is 20.8 Å². The Balaban J connectivity index is 1.73. The second-order valence-corrected chi connectivity index (χ2v) is 11.5. The van der Waals surface area contributed by atoms with E-state index in [1.165, 1.54) is 31.6 Å². The van der Waals surface area contributed by atoms with Crippen LogP contribution in [0.15, 0.2) is 33.9 Å². The van der Waals surface area contributed by atoms with Crippen molar-refractivity contribution in [2.24, 2.45) is 15.1 Å². The molecule has 2 aliphatic heterocycles. The third-order valence-electron chi connectivity index (χ3n) is 6.24. The molecule has 2 aromatic heterocycles. The molecule has 4 rings (SSSR count). The molecule has 4 heterocycles. The van der Waals surface area contributed by atoms with Crippen LogP contribution in [-0.4, -0.2) is 54.4 Å². The van der Waals surface area contributed by atoms with Crippen LogP contribution in [0, 0.1) is 5.82 Å². The minimum absolute atomic E-state index is 0.0110. The minimum Gasteiger partial charge on any atom is -0.480 e. The molecule has 2 aliphatic rings. The fourth-order valence-corrected chi connectivity index (χ4v) is 7.38. The summed E-state index contributed by atoms with van der Waals surface area (Å²) in [7, 11) is -1.36. The molecule has 32 heavy (non-hydrogen) atoms. The summed E-state index contributed by atoms with van der Waals surface area (Å²) in [6.07, 6.45) is 3.04. The van der Waals surface area contributed by atoms with E-state index >= 15 is 4.39 Å². The van der Waals surface area contributed by atoms with Gasteiger partial charge < -0.3 is 10.5 Å². The molecular formula is C21H25FN6O3S. The molecule has 3 atom stereocenters. The highest BCUT2D eigenvalue weighted by Gasteiger charge is 2.57. The number of nitrogens with two attached hydrogens (primary N) is 1. The molecule has 0 aliphatic carbocycles. The summed E-state index contributed by atoms with van der Waals surface area (Å²) in [4.78, 5) is 29.7. The Morgan fingerprint density at radius 3 is 2.69 bits per heavy atom. The number of rotatable bonds is 5. The van der Waals surface area contributed by atoms with Gasteiger partial charge in [0.25, 0.3) is 0 Å². The van der Waals surface area contributed by atoms with E-state index in [0.717, 1.165) is 0 Å². The molecule has 2 aromatic rings. The number of amidine groups is 1. The smallest absolute Gasteiger partial charge is 0.232 e. The van der Waals surface area contributed by atoms with Crippen LogP contribution in [-0.2, 0) is 21.7 Å². The van der Waals surface area contributed by atoms with Crippen LogP contribution in [0.5, 0.6) is 5.88 Å². The topological polar surface area (TPSA) is 133 Å². The lowest BCUT2D eigenvalue weighted by molar-refractivity contribution is 0.0986. The van der Waals surface area contributed by atoms with Crippen molar-refractivity contribution in [3.05, 3.63) is 47.4 Å². The first-order chi connectivity index (χ1) is 15.0. The van der Waals surface area contributed by atoms with E-state index in [1.807, 2.05) is 0 Å². The van der Waals surface area contributed by atoms with Crippen LogP contribution in [0.2, 0.25) is 0 Å². The lowest BCUT2D eigenvalue weighted by atomic mass is 9.89. The van der Waals surface area contributed by atoms with Crippen molar-refractivity contribution in [2.75, 3.05) is 13.7 Å². The van der Waals surface area contributed by atoms with Crippen molar-refractivity contribution in [1.82, 2.24) is 15.0 Å². The summed E-state index contributed by atoms with van der Waals surface area (Å²) in [5.41, 5.74) is 5.44. The molecule has 0 radical (unpaired) electrons. The lowest BCUT2D eigenvalue weighted by Gasteiger charge is -2.44. The van der Waals surface area contributed by atoms with Gasteiger partial charge in [0.1, 0.15) is 33.3 Å². The second-order valence-electron chi connectivity index (χ2n) is 8.53. The number of aromatic nitrogens is 3. The Bertz CT molecular complexity index is 1240. The standard InChI is InChI=1S/C21H25FN6O3S/c1-20(2)19(23)28-21(3,16-7-8-26-32(16,20)30)18-13(22)6-5-12(27-18)9-15(29)14-10-25-17(31-4)11-24-14/h5-6,10-11,16H,7-9H2,1-4H3,(H2,23,28)/t16-,21-,32-/m0/s1. The Morgan fingerprint density at radius 2 is 2.03 bits per heavy atom. The van der Waals surface area contributed by atoms with Crippen LogP contribution in [0.3, 0.4) is 0 Å². The molecule has 0 aromatic carbocycles. The lowest BCUT2D eigenvalue weighted by Crippen LogP contribution is -2.58. The van der Waals surface area contributed by atoms with Crippen molar-refractivity contribution < 1.29 is 18.1 Å². The van der Waals surface area contributed by atoms with Gasteiger partial charge in [-0.05, 0) is 39.3 Å². The first-order valence-electron chi connectivity index (χ1n) is 10.1. The maximum Gasteiger partial charge on any atom is 0.232 e. The molecule has 0 bridgehead atoms. The third-order valence-corrected chi connectivity index (χ3v) is 9.94. The van der Waals surface area contributed by atoms with Crippen molar-refractivity contribution >= 4 is 21.3 Å². The zero-order valence-corrected chi connectivity index (χ0v) is 19.1. The summed E-state index contributed by atoms with van der Waals surface area (Å²) in [6.45, 7) is 5.59. The van der Waals surface area contributed by atoms with Crippen molar-refractivity contribution in [3.63, 3.8) is 0 Å². The number of methoxy groups -OCH3 is 1. The predicted molar refractivity (Wildman–Crippen MR) is 118 cm³/mol. The fourth-order valence-electron chi connectivity index (χ4n) is 4.23. The summed E-state index contributed by atoms with van der Waals surface area (Å²) >= 11 is 0. The molecule has 0 fully saturated rings. The van der Waals surface area contributed by atoms with Gasteiger partial charge >= 0.3 is 0 Å². The monoisotopic (exact) mass is 460 g/mol. The van der Waals surface area contributed by atoms with Gasteiger partial charge in [0, 0.05) is 12.2 Å². The third kappa shape index (κ3) is 3.26. The Morgan fingerprint density at radius 1 is 1.28 bits per heavy atom. The maximum atomic E-state index is 15.0. The maximum absolute atomic E-state index is 15.0. The van der Waals surface area contributed by atoms with Gasteiger partial charge in [-0.1, -0.05) is 0 Å². The number of halogens is 1. The van der Waals surface area contributed by atoms with Crippen LogP contribution in [0.25, 0.3) is 0 Å². The predicted octanol–water partition coefficient (Wildman–Crippen LogP) is 2.05. The van der Waals surface area contributed by atoms with Gasteiger partial charge in [-0.15, -0.1) is 0 Å². The van der Waals surface area contributed by atoms with Gasteiger partial charge in [0.15, 0.2) is 5.78 Å². The normalized spacial score (nSPS) is 28.4.